The van der Waals surface area contributed by atoms with Crippen molar-refractivity contribution in [3.63, 3.8) is 0 Å². The summed E-state index contributed by atoms with van der Waals surface area (Å²) in [6.45, 7) is 18.1. The Hall–Kier alpha value is -1.42. The number of carbonyl (C=O) groups excluding carboxylic acids is 2. The number of aliphatic hydroxyl groups is 2. The molecule has 13 atom stereocenters. The highest BCUT2D eigenvalue weighted by molar-refractivity contribution is 5.68. The van der Waals surface area contributed by atoms with Crippen molar-refractivity contribution in [3.05, 3.63) is 0 Å². The second kappa shape index (κ2) is 10.1. The van der Waals surface area contributed by atoms with Crippen molar-refractivity contribution in [2.45, 2.75) is 149 Å². The fourth-order valence-electron chi connectivity index (χ4n) is 13.3. The van der Waals surface area contributed by atoms with E-state index < -0.39 is 29.9 Å². The Morgan fingerprint density at radius 1 is 1.02 bits per heavy atom. The van der Waals surface area contributed by atoms with Gasteiger partial charge in [-0.15, -0.1) is 0 Å². The van der Waals surface area contributed by atoms with E-state index in [1.54, 1.807) is 13.8 Å². The molecule has 4 N–H and O–H groups in total. The standard InChI is InChI=1S/C36H58N2O7/c1-19-15-22(29(32(5,6)42)43-20(2)39)44-27-26(19)33(7)13-14-36-18-35(36)12-11-25(45-30(41)38-21-16-37-17-21)31(3,4)23(35)9-10-24(36)34(33,8)28(27)40/h19,21-29,37,40,42H,9-18H2,1-8H3,(H,38,41). The molecule has 2 saturated heterocycles. The summed E-state index contributed by atoms with van der Waals surface area (Å²) in [5.74, 6) is 0.904. The quantitative estimate of drug-likeness (QED) is 0.326. The number of carbonyl (C=O) groups is 2. The van der Waals surface area contributed by atoms with Gasteiger partial charge in [0.05, 0.1) is 30.0 Å². The molecule has 13 unspecified atom stereocenters. The van der Waals surface area contributed by atoms with Crippen molar-refractivity contribution in [2.24, 2.45) is 50.7 Å². The molecule has 45 heavy (non-hydrogen) atoms. The highest BCUT2D eigenvalue weighted by Crippen LogP contribution is 2.89. The lowest BCUT2D eigenvalue weighted by molar-refractivity contribution is -0.216. The third-order valence-electron chi connectivity index (χ3n) is 15.4. The predicted molar refractivity (Wildman–Crippen MR) is 168 cm³/mol. The highest BCUT2D eigenvalue weighted by Gasteiger charge is 2.84. The zero-order valence-electron chi connectivity index (χ0n) is 28.8. The molecule has 0 aromatic carbocycles. The van der Waals surface area contributed by atoms with Crippen LogP contribution in [0.1, 0.15) is 107 Å². The SMILES string of the molecule is CC(=O)OC(C1CC(C)C2C(O1)C(O)C1(C)C3CCC4C(C)(C)C(OC(=O)NC5CNC5)CCC45CC35CCC21C)C(C)(C)O. The molecule has 0 bridgehead atoms. The Labute approximate surface area is 269 Å². The van der Waals surface area contributed by atoms with Crippen LogP contribution < -0.4 is 10.6 Å². The average Bonchev–Trinajstić information content (AvgIpc) is 3.55. The van der Waals surface area contributed by atoms with Gasteiger partial charge in [0.25, 0.3) is 0 Å². The number of ether oxygens (including phenoxy) is 3. The second-order valence-corrected chi connectivity index (χ2v) is 18.1. The smallest absolute Gasteiger partial charge is 0.407 e. The summed E-state index contributed by atoms with van der Waals surface area (Å²) in [6, 6.07) is 0.168. The molecule has 7 aliphatic rings. The van der Waals surface area contributed by atoms with Crippen molar-refractivity contribution in [3.8, 4) is 0 Å². The maximum atomic E-state index is 12.8. The summed E-state index contributed by atoms with van der Waals surface area (Å²) in [5.41, 5.74) is -1.32. The first-order chi connectivity index (χ1) is 20.9. The molecule has 2 aliphatic heterocycles. The normalized spacial score (nSPS) is 50.4. The molecule has 0 aromatic rings. The molecule has 7 rings (SSSR count). The van der Waals surface area contributed by atoms with Gasteiger partial charge in [0.1, 0.15) is 6.10 Å². The maximum Gasteiger partial charge on any atom is 0.407 e. The van der Waals surface area contributed by atoms with Gasteiger partial charge in [0, 0.05) is 30.8 Å². The molecule has 254 valence electrons. The van der Waals surface area contributed by atoms with Crippen molar-refractivity contribution >= 4 is 12.1 Å². The van der Waals surface area contributed by atoms with Gasteiger partial charge in [-0.3, -0.25) is 4.79 Å². The summed E-state index contributed by atoms with van der Waals surface area (Å²) in [5, 5.41) is 29.7. The fourth-order valence-corrected chi connectivity index (χ4v) is 13.3. The van der Waals surface area contributed by atoms with Crippen molar-refractivity contribution < 1.29 is 34.0 Å². The van der Waals surface area contributed by atoms with E-state index in [0.717, 1.165) is 45.2 Å². The van der Waals surface area contributed by atoms with Gasteiger partial charge in [-0.25, -0.2) is 4.79 Å². The van der Waals surface area contributed by atoms with E-state index in [-0.39, 0.29) is 63.3 Å². The Morgan fingerprint density at radius 2 is 1.69 bits per heavy atom. The molecule has 0 aromatic heterocycles. The maximum absolute atomic E-state index is 12.8. The zero-order chi connectivity index (χ0) is 32.5. The first-order valence-electron chi connectivity index (χ1n) is 17.8. The molecule has 5 saturated carbocycles. The highest BCUT2D eigenvalue weighted by atomic mass is 16.6. The van der Waals surface area contributed by atoms with Crippen LogP contribution in [0.5, 0.6) is 0 Å². The summed E-state index contributed by atoms with van der Waals surface area (Å²) in [4.78, 5) is 24.8. The van der Waals surface area contributed by atoms with Crippen LogP contribution in [0.3, 0.4) is 0 Å². The lowest BCUT2D eigenvalue weighted by Crippen LogP contribution is -2.60. The number of amides is 1. The lowest BCUT2D eigenvalue weighted by atomic mass is 9.41. The number of rotatable bonds is 5. The van der Waals surface area contributed by atoms with Crippen molar-refractivity contribution in [1.29, 1.82) is 0 Å². The average molecular weight is 631 g/mol. The van der Waals surface area contributed by atoms with Gasteiger partial charge in [-0.1, -0.05) is 34.6 Å². The molecule has 0 radical (unpaired) electrons. The van der Waals surface area contributed by atoms with E-state index in [1.807, 2.05) is 0 Å². The van der Waals surface area contributed by atoms with Crippen LogP contribution in [0, 0.1) is 50.7 Å². The van der Waals surface area contributed by atoms with Crippen LogP contribution >= 0.6 is 0 Å². The van der Waals surface area contributed by atoms with E-state index in [9.17, 15) is 19.8 Å². The third-order valence-corrected chi connectivity index (χ3v) is 15.4. The van der Waals surface area contributed by atoms with Gasteiger partial charge in [0.2, 0.25) is 0 Å². The molecule has 9 heteroatoms. The Kier molecular flexibility index (Phi) is 7.18. The molecular formula is C36H58N2O7. The molecule has 9 nitrogen and oxygen atoms in total. The summed E-state index contributed by atoms with van der Waals surface area (Å²) in [7, 11) is 0. The Balaban J connectivity index is 1.14. The minimum Gasteiger partial charge on any atom is -0.457 e. The topological polar surface area (TPSA) is 126 Å². The molecule has 7 fully saturated rings. The van der Waals surface area contributed by atoms with Crippen LogP contribution in [-0.2, 0) is 19.0 Å². The van der Waals surface area contributed by atoms with Gasteiger partial charge >= 0.3 is 12.1 Å². The molecule has 2 spiro atoms. The van der Waals surface area contributed by atoms with E-state index in [0.29, 0.717) is 18.3 Å². The van der Waals surface area contributed by atoms with Gasteiger partial charge < -0.3 is 35.1 Å². The lowest BCUT2D eigenvalue weighted by Gasteiger charge is -2.63. The summed E-state index contributed by atoms with van der Waals surface area (Å²) >= 11 is 0. The largest absolute Gasteiger partial charge is 0.457 e. The number of aliphatic hydroxyl groups excluding tert-OH is 1. The summed E-state index contributed by atoms with van der Waals surface area (Å²) < 4.78 is 18.6. The minimum atomic E-state index is -1.26. The Morgan fingerprint density at radius 3 is 2.31 bits per heavy atom. The van der Waals surface area contributed by atoms with Crippen molar-refractivity contribution in [2.75, 3.05) is 13.1 Å². The Bertz CT molecular complexity index is 1230. The van der Waals surface area contributed by atoms with Crippen LogP contribution in [0.15, 0.2) is 0 Å². The molecule has 5 aliphatic carbocycles. The van der Waals surface area contributed by atoms with Gasteiger partial charge in [-0.05, 0) is 105 Å². The monoisotopic (exact) mass is 630 g/mol. The van der Waals surface area contributed by atoms with Crippen LogP contribution in [0.2, 0.25) is 0 Å². The van der Waals surface area contributed by atoms with E-state index in [1.165, 1.54) is 19.8 Å². The van der Waals surface area contributed by atoms with Crippen LogP contribution in [0.4, 0.5) is 4.79 Å². The van der Waals surface area contributed by atoms with Gasteiger partial charge in [-0.2, -0.15) is 0 Å². The molecule has 2 heterocycles. The predicted octanol–water partition coefficient (Wildman–Crippen LogP) is 4.57. The fraction of sp³-hybridized carbons (Fsp3) is 0.944. The number of alkyl carbamates (subject to hydrolysis) is 1. The number of hydrogen-bond donors (Lipinski definition) is 4. The molecule has 1 amide bonds. The number of esters is 1. The van der Waals surface area contributed by atoms with E-state index >= 15 is 0 Å². The zero-order valence-corrected chi connectivity index (χ0v) is 28.8. The van der Waals surface area contributed by atoms with Gasteiger partial charge in [0.15, 0.2) is 6.10 Å². The van der Waals surface area contributed by atoms with E-state index in [2.05, 4.69) is 45.3 Å². The second-order valence-electron chi connectivity index (χ2n) is 18.1. The first-order valence-corrected chi connectivity index (χ1v) is 17.8. The number of hydrogen-bond acceptors (Lipinski definition) is 8. The van der Waals surface area contributed by atoms with Crippen LogP contribution in [0.25, 0.3) is 0 Å². The third kappa shape index (κ3) is 4.24. The van der Waals surface area contributed by atoms with E-state index in [4.69, 9.17) is 14.2 Å². The number of nitrogens with one attached hydrogen (secondary N) is 2. The summed E-state index contributed by atoms with van der Waals surface area (Å²) in [6.07, 6.45) is 5.66. The molecular weight excluding hydrogens is 572 g/mol. The minimum absolute atomic E-state index is 0.0794. The van der Waals surface area contributed by atoms with Crippen LogP contribution in [-0.4, -0.2) is 77.5 Å². The first kappa shape index (κ1) is 32.1. The number of fused-ring (bicyclic) bond motifs is 4. The van der Waals surface area contributed by atoms with Crippen molar-refractivity contribution in [1.82, 2.24) is 10.6 Å².